The summed E-state index contributed by atoms with van der Waals surface area (Å²) in [5, 5.41) is 3.40. The van der Waals surface area contributed by atoms with E-state index in [0.29, 0.717) is 17.4 Å². The molecule has 1 unspecified atom stereocenters. The maximum Gasteiger partial charge on any atom is 0.261 e. The van der Waals surface area contributed by atoms with Gasteiger partial charge in [0.1, 0.15) is 12.4 Å². The highest BCUT2D eigenvalue weighted by atomic mass is 35.5. The van der Waals surface area contributed by atoms with Crippen LogP contribution in [0.1, 0.15) is 30.9 Å². The zero-order valence-corrected chi connectivity index (χ0v) is 12.7. The quantitative estimate of drug-likeness (QED) is 0.812. The predicted molar refractivity (Wildman–Crippen MR) is 78.5 cm³/mol. The number of carbonyl (C=O) groups excluding carboxylic acids is 1. The maximum absolute atomic E-state index is 11.9. The second kappa shape index (κ2) is 8.29. The van der Waals surface area contributed by atoms with Gasteiger partial charge < -0.3 is 14.8 Å². The van der Waals surface area contributed by atoms with E-state index in [0.717, 1.165) is 18.4 Å². The van der Waals surface area contributed by atoms with E-state index in [1.54, 1.807) is 12.1 Å². The van der Waals surface area contributed by atoms with Crippen LogP contribution in [0.5, 0.6) is 5.75 Å². The molecule has 1 aliphatic heterocycles. The molecule has 1 aromatic rings. The van der Waals surface area contributed by atoms with Crippen molar-refractivity contribution in [2.75, 3.05) is 19.8 Å². The van der Waals surface area contributed by atoms with E-state index < -0.39 is 13.0 Å². The van der Waals surface area contributed by atoms with Crippen LogP contribution >= 0.6 is 11.6 Å². The molecule has 4 nitrogen and oxygen atoms in total. The van der Waals surface area contributed by atoms with Gasteiger partial charge in [-0.3, -0.25) is 4.79 Å². The molecular weight excluding hydrogens is 316 g/mol. The molecule has 0 fully saturated rings. The van der Waals surface area contributed by atoms with Gasteiger partial charge in [-0.1, -0.05) is 23.7 Å². The molecule has 0 aliphatic carbocycles. The number of halogens is 3. The van der Waals surface area contributed by atoms with E-state index >= 15 is 0 Å². The third kappa shape index (κ3) is 4.81. The molecule has 1 aliphatic rings. The summed E-state index contributed by atoms with van der Waals surface area (Å²) in [4.78, 5) is 11.9. The van der Waals surface area contributed by atoms with Crippen LogP contribution in [-0.4, -0.2) is 32.2 Å². The Hall–Kier alpha value is -1.40. The standard InChI is InChI=1S/C15H18ClF2NO3/c16-11-4-1-3-10-12(5-2-7-22-15(10)11)19-14(20)6-8-21-9-13(17)18/h1,3-4,12-13H,2,5-9H2,(H,19,20). The topological polar surface area (TPSA) is 47.6 Å². The highest BCUT2D eigenvalue weighted by Crippen LogP contribution is 2.36. The molecule has 7 heteroatoms. The Bertz CT molecular complexity index is 514. The summed E-state index contributed by atoms with van der Waals surface area (Å²) in [6, 6.07) is 5.22. The van der Waals surface area contributed by atoms with Gasteiger partial charge in [-0.15, -0.1) is 0 Å². The maximum atomic E-state index is 11.9. The van der Waals surface area contributed by atoms with Crippen LogP contribution in [0, 0.1) is 0 Å². The second-order valence-electron chi connectivity index (χ2n) is 4.98. The highest BCUT2D eigenvalue weighted by Gasteiger charge is 2.23. The SMILES string of the molecule is O=C(CCOCC(F)F)NC1CCCOc2c(Cl)cccc21. The molecule has 122 valence electrons. The summed E-state index contributed by atoms with van der Waals surface area (Å²) in [6.07, 6.45) is -0.953. The van der Waals surface area contributed by atoms with Crippen molar-refractivity contribution in [1.82, 2.24) is 5.32 Å². The lowest BCUT2D eigenvalue weighted by Crippen LogP contribution is -2.29. The number of hydrogen-bond acceptors (Lipinski definition) is 3. The number of carbonyl (C=O) groups is 1. The first kappa shape index (κ1) is 17.0. The fourth-order valence-corrected chi connectivity index (χ4v) is 2.56. The van der Waals surface area contributed by atoms with Crippen molar-refractivity contribution in [2.45, 2.75) is 31.7 Å². The van der Waals surface area contributed by atoms with E-state index in [2.05, 4.69) is 5.32 Å². The monoisotopic (exact) mass is 333 g/mol. The first-order valence-electron chi connectivity index (χ1n) is 7.14. The van der Waals surface area contributed by atoms with Gasteiger partial charge in [-0.05, 0) is 18.9 Å². The molecule has 1 aromatic carbocycles. The number of nitrogens with one attached hydrogen (secondary N) is 1. The van der Waals surface area contributed by atoms with Crippen molar-refractivity contribution < 1.29 is 23.0 Å². The van der Waals surface area contributed by atoms with Gasteiger partial charge >= 0.3 is 0 Å². The molecule has 1 atom stereocenters. The zero-order chi connectivity index (χ0) is 15.9. The average Bonchev–Trinajstić information content (AvgIpc) is 2.67. The molecule has 0 spiro atoms. The molecule has 22 heavy (non-hydrogen) atoms. The van der Waals surface area contributed by atoms with Crippen LogP contribution in [0.15, 0.2) is 18.2 Å². The first-order valence-corrected chi connectivity index (χ1v) is 7.52. The molecule has 0 saturated carbocycles. The predicted octanol–water partition coefficient (Wildman–Crippen LogP) is 3.34. The fraction of sp³-hybridized carbons (Fsp3) is 0.533. The Morgan fingerprint density at radius 3 is 3.09 bits per heavy atom. The van der Waals surface area contributed by atoms with Gasteiger partial charge in [-0.2, -0.15) is 0 Å². The van der Waals surface area contributed by atoms with Crippen molar-refractivity contribution >= 4 is 17.5 Å². The summed E-state index contributed by atoms with van der Waals surface area (Å²) in [7, 11) is 0. The molecule has 1 amide bonds. The normalized spacial score (nSPS) is 17.5. The average molecular weight is 334 g/mol. The van der Waals surface area contributed by atoms with Gasteiger partial charge in [0.25, 0.3) is 6.43 Å². The van der Waals surface area contributed by atoms with Crippen molar-refractivity contribution in [3.63, 3.8) is 0 Å². The number of alkyl halides is 2. The van der Waals surface area contributed by atoms with Gasteiger partial charge in [0.15, 0.2) is 0 Å². The Labute approximate surface area is 132 Å². The van der Waals surface area contributed by atoms with Gasteiger partial charge in [0, 0.05) is 12.0 Å². The lowest BCUT2D eigenvalue weighted by molar-refractivity contribution is -0.123. The highest BCUT2D eigenvalue weighted by molar-refractivity contribution is 6.32. The third-order valence-corrected chi connectivity index (χ3v) is 3.61. The summed E-state index contributed by atoms with van der Waals surface area (Å²) < 4.78 is 34.2. The fourth-order valence-electron chi connectivity index (χ4n) is 2.32. The molecule has 1 heterocycles. The van der Waals surface area contributed by atoms with Crippen molar-refractivity contribution in [2.24, 2.45) is 0 Å². The Kier molecular flexibility index (Phi) is 6.39. The molecular formula is C15H18ClF2NO3. The number of ether oxygens (including phenoxy) is 2. The van der Waals surface area contributed by atoms with Gasteiger partial charge in [-0.25, -0.2) is 8.78 Å². The largest absolute Gasteiger partial charge is 0.492 e. The smallest absolute Gasteiger partial charge is 0.261 e. The van der Waals surface area contributed by atoms with E-state index in [-0.39, 0.29) is 25.0 Å². The van der Waals surface area contributed by atoms with Gasteiger partial charge in [0.05, 0.1) is 24.3 Å². The number of hydrogen-bond donors (Lipinski definition) is 1. The number of rotatable bonds is 6. The van der Waals surface area contributed by atoms with Crippen LogP contribution in [0.4, 0.5) is 8.78 Å². The third-order valence-electron chi connectivity index (χ3n) is 3.31. The first-order chi connectivity index (χ1) is 10.6. The minimum absolute atomic E-state index is 0.0260. The van der Waals surface area contributed by atoms with Crippen LogP contribution in [-0.2, 0) is 9.53 Å². The molecule has 0 aromatic heterocycles. The minimum atomic E-state index is -2.52. The lowest BCUT2D eigenvalue weighted by atomic mass is 10.0. The van der Waals surface area contributed by atoms with Crippen LogP contribution in [0.25, 0.3) is 0 Å². The Balaban J connectivity index is 1.92. The lowest BCUT2D eigenvalue weighted by Gasteiger charge is -2.19. The van der Waals surface area contributed by atoms with Gasteiger partial charge in [0.2, 0.25) is 5.91 Å². The molecule has 1 N–H and O–H groups in total. The Morgan fingerprint density at radius 1 is 1.50 bits per heavy atom. The van der Waals surface area contributed by atoms with E-state index in [9.17, 15) is 13.6 Å². The van der Waals surface area contributed by atoms with Crippen molar-refractivity contribution in [1.29, 1.82) is 0 Å². The van der Waals surface area contributed by atoms with E-state index in [4.69, 9.17) is 21.1 Å². The summed E-state index contributed by atoms with van der Waals surface area (Å²) in [5.41, 5.74) is 0.840. The minimum Gasteiger partial charge on any atom is -0.492 e. The number of fused-ring (bicyclic) bond motifs is 1. The van der Waals surface area contributed by atoms with Crippen LogP contribution in [0.2, 0.25) is 5.02 Å². The van der Waals surface area contributed by atoms with Crippen molar-refractivity contribution in [3.05, 3.63) is 28.8 Å². The summed E-state index contributed by atoms with van der Waals surface area (Å²) in [5.74, 6) is 0.355. The van der Waals surface area contributed by atoms with E-state index in [1.165, 1.54) is 0 Å². The summed E-state index contributed by atoms with van der Waals surface area (Å²) in [6.45, 7) is -0.134. The molecule has 0 saturated heterocycles. The van der Waals surface area contributed by atoms with E-state index in [1.807, 2.05) is 6.07 Å². The van der Waals surface area contributed by atoms with Crippen LogP contribution in [0.3, 0.4) is 0 Å². The summed E-state index contributed by atoms with van der Waals surface area (Å²) >= 11 is 6.12. The molecule has 2 rings (SSSR count). The number of amides is 1. The second-order valence-corrected chi connectivity index (χ2v) is 5.39. The van der Waals surface area contributed by atoms with Crippen molar-refractivity contribution in [3.8, 4) is 5.75 Å². The van der Waals surface area contributed by atoms with Crippen LogP contribution < -0.4 is 10.1 Å². The number of para-hydroxylation sites is 1. The number of benzene rings is 1. The zero-order valence-electron chi connectivity index (χ0n) is 12.0. The molecule has 0 bridgehead atoms. The Morgan fingerprint density at radius 2 is 2.32 bits per heavy atom. The molecule has 0 radical (unpaired) electrons.